The van der Waals surface area contributed by atoms with Crippen LogP contribution >= 0.6 is 0 Å². The molecule has 6 heteroatoms. The molecule has 27 heavy (non-hydrogen) atoms. The summed E-state index contributed by atoms with van der Waals surface area (Å²) >= 11 is 0. The number of benzene rings is 2. The summed E-state index contributed by atoms with van der Waals surface area (Å²) < 4.78 is 15.4. The molecule has 1 heterocycles. The quantitative estimate of drug-likeness (QED) is 0.735. The minimum Gasteiger partial charge on any atom is -0.505 e. The Morgan fingerprint density at radius 2 is 1.81 bits per heavy atom. The first-order chi connectivity index (χ1) is 12.8. The SMILES string of the molecule is CCC(C(N)=O)c1c(C)n(C(=O)c2ccc(C)cc2)c2cc(F)c(O)cc12. The van der Waals surface area contributed by atoms with Crippen molar-refractivity contribution in [2.45, 2.75) is 33.1 Å². The van der Waals surface area contributed by atoms with E-state index >= 15 is 0 Å². The highest BCUT2D eigenvalue weighted by molar-refractivity contribution is 6.05. The third-order valence-corrected chi connectivity index (χ3v) is 4.92. The van der Waals surface area contributed by atoms with Gasteiger partial charge in [0.2, 0.25) is 5.91 Å². The number of carbonyl (C=O) groups excluding carboxylic acids is 2. The smallest absolute Gasteiger partial charge is 0.262 e. The Morgan fingerprint density at radius 1 is 1.19 bits per heavy atom. The Morgan fingerprint density at radius 3 is 2.37 bits per heavy atom. The highest BCUT2D eigenvalue weighted by Crippen LogP contribution is 2.37. The first-order valence-electron chi connectivity index (χ1n) is 8.70. The number of aryl methyl sites for hydroxylation is 1. The molecule has 1 unspecified atom stereocenters. The van der Waals surface area contributed by atoms with Gasteiger partial charge in [-0.05, 0) is 44.0 Å². The lowest BCUT2D eigenvalue weighted by atomic mass is 9.93. The molecule has 140 valence electrons. The summed E-state index contributed by atoms with van der Waals surface area (Å²) in [5.41, 5.74) is 8.34. The van der Waals surface area contributed by atoms with Crippen molar-refractivity contribution in [2.24, 2.45) is 5.73 Å². The second-order valence-corrected chi connectivity index (χ2v) is 6.69. The molecule has 0 saturated carbocycles. The van der Waals surface area contributed by atoms with E-state index in [9.17, 15) is 19.1 Å². The summed E-state index contributed by atoms with van der Waals surface area (Å²) in [6.07, 6.45) is 0.423. The Balaban J connectivity index is 2.34. The van der Waals surface area contributed by atoms with E-state index in [4.69, 9.17) is 5.73 Å². The maximum absolute atomic E-state index is 14.1. The number of hydrogen-bond acceptors (Lipinski definition) is 3. The van der Waals surface area contributed by atoms with Crippen molar-refractivity contribution < 1.29 is 19.1 Å². The lowest BCUT2D eigenvalue weighted by molar-refractivity contribution is -0.119. The highest BCUT2D eigenvalue weighted by Gasteiger charge is 2.28. The van der Waals surface area contributed by atoms with Crippen LogP contribution in [0.15, 0.2) is 36.4 Å². The van der Waals surface area contributed by atoms with Crippen LogP contribution in [-0.2, 0) is 4.79 Å². The average Bonchev–Trinajstić information content (AvgIpc) is 2.88. The molecule has 0 radical (unpaired) electrons. The molecule has 1 atom stereocenters. The number of nitrogens with two attached hydrogens (primary N) is 1. The van der Waals surface area contributed by atoms with Gasteiger partial charge in [-0.2, -0.15) is 0 Å². The largest absolute Gasteiger partial charge is 0.505 e. The Hall–Kier alpha value is -3.15. The van der Waals surface area contributed by atoms with Crippen LogP contribution in [0.2, 0.25) is 0 Å². The van der Waals surface area contributed by atoms with Gasteiger partial charge in [0.1, 0.15) is 0 Å². The maximum Gasteiger partial charge on any atom is 0.262 e. The fourth-order valence-electron chi connectivity index (χ4n) is 3.52. The molecule has 0 aliphatic carbocycles. The molecule has 0 spiro atoms. The van der Waals surface area contributed by atoms with E-state index in [-0.39, 0.29) is 5.91 Å². The standard InChI is InChI=1S/C21H21FN2O3/c1-4-14(20(23)26)19-12(3)24(17-10-16(22)18(25)9-15(17)19)21(27)13-7-5-11(2)6-8-13/h5-10,14,25H,4H2,1-3H3,(H2,23,26). The summed E-state index contributed by atoms with van der Waals surface area (Å²) in [6.45, 7) is 5.42. The topological polar surface area (TPSA) is 85.3 Å². The molecular weight excluding hydrogens is 347 g/mol. The van der Waals surface area contributed by atoms with Gasteiger partial charge in [0, 0.05) is 22.7 Å². The summed E-state index contributed by atoms with van der Waals surface area (Å²) in [6, 6.07) is 9.40. The number of hydrogen-bond donors (Lipinski definition) is 2. The molecule has 1 aromatic heterocycles. The number of phenolic OH excluding ortho intramolecular Hbond substituents is 1. The fourth-order valence-corrected chi connectivity index (χ4v) is 3.52. The number of aromatic hydroxyl groups is 1. The van der Waals surface area contributed by atoms with E-state index in [1.165, 1.54) is 10.6 Å². The van der Waals surface area contributed by atoms with E-state index in [0.29, 0.717) is 34.1 Å². The molecule has 0 aliphatic heterocycles. The van der Waals surface area contributed by atoms with Gasteiger partial charge in [0.15, 0.2) is 11.6 Å². The number of halogens is 1. The molecular formula is C21H21FN2O3. The van der Waals surface area contributed by atoms with E-state index < -0.39 is 23.4 Å². The number of amides is 1. The van der Waals surface area contributed by atoms with Gasteiger partial charge in [-0.1, -0.05) is 24.6 Å². The number of carbonyl (C=O) groups is 2. The van der Waals surface area contributed by atoms with Crippen molar-refractivity contribution in [2.75, 3.05) is 0 Å². The predicted octanol–water partition coefficient (Wildman–Crippen LogP) is 3.77. The van der Waals surface area contributed by atoms with Crippen LogP contribution in [0.25, 0.3) is 10.9 Å². The molecule has 1 amide bonds. The third-order valence-electron chi connectivity index (χ3n) is 4.92. The lowest BCUT2D eigenvalue weighted by Gasteiger charge is -2.12. The molecule has 0 fully saturated rings. The van der Waals surface area contributed by atoms with Crippen LogP contribution < -0.4 is 5.73 Å². The molecule has 0 aliphatic rings. The van der Waals surface area contributed by atoms with Crippen molar-refractivity contribution in [1.82, 2.24) is 4.57 Å². The van der Waals surface area contributed by atoms with Crippen molar-refractivity contribution in [3.05, 3.63) is 64.6 Å². The first kappa shape index (κ1) is 18.6. The summed E-state index contributed by atoms with van der Waals surface area (Å²) in [5, 5.41) is 10.3. The van der Waals surface area contributed by atoms with Crippen LogP contribution in [0.1, 0.15) is 46.4 Å². The van der Waals surface area contributed by atoms with E-state index in [0.717, 1.165) is 11.6 Å². The molecule has 5 nitrogen and oxygen atoms in total. The van der Waals surface area contributed by atoms with Gasteiger partial charge in [0.05, 0.1) is 11.4 Å². The van der Waals surface area contributed by atoms with Crippen molar-refractivity contribution in [3.8, 4) is 5.75 Å². The minimum atomic E-state index is -0.836. The molecule has 0 bridgehead atoms. The van der Waals surface area contributed by atoms with Gasteiger partial charge in [-0.25, -0.2) is 4.39 Å². The number of fused-ring (bicyclic) bond motifs is 1. The van der Waals surface area contributed by atoms with Crippen LogP contribution in [0, 0.1) is 19.7 Å². The Labute approximate surface area is 156 Å². The van der Waals surface area contributed by atoms with Gasteiger partial charge >= 0.3 is 0 Å². The van der Waals surface area contributed by atoms with E-state index in [2.05, 4.69) is 0 Å². The van der Waals surface area contributed by atoms with Gasteiger partial charge < -0.3 is 10.8 Å². The average molecular weight is 368 g/mol. The van der Waals surface area contributed by atoms with Crippen LogP contribution in [0.3, 0.4) is 0 Å². The number of rotatable bonds is 4. The number of aromatic nitrogens is 1. The maximum atomic E-state index is 14.1. The molecule has 2 aromatic carbocycles. The number of primary amides is 1. The van der Waals surface area contributed by atoms with Crippen LogP contribution in [0.4, 0.5) is 4.39 Å². The summed E-state index contributed by atoms with van der Waals surface area (Å²) in [5.74, 6) is -2.90. The normalized spacial score (nSPS) is 12.3. The Bertz CT molecular complexity index is 1050. The number of nitrogens with zero attached hydrogens (tertiary/aromatic N) is 1. The highest BCUT2D eigenvalue weighted by atomic mass is 19.1. The fraction of sp³-hybridized carbons (Fsp3) is 0.238. The monoisotopic (exact) mass is 368 g/mol. The minimum absolute atomic E-state index is 0.295. The van der Waals surface area contributed by atoms with Crippen molar-refractivity contribution >= 4 is 22.7 Å². The number of phenols is 1. The molecule has 3 N–H and O–H groups in total. The summed E-state index contributed by atoms with van der Waals surface area (Å²) in [7, 11) is 0. The molecule has 3 rings (SSSR count). The van der Waals surface area contributed by atoms with Gasteiger partial charge in [0.25, 0.3) is 5.91 Å². The second kappa shape index (κ2) is 6.87. The lowest BCUT2D eigenvalue weighted by Crippen LogP contribution is -2.22. The van der Waals surface area contributed by atoms with Crippen molar-refractivity contribution in [3.63, 3.8) is 0 Å². The molecule has 0 saturated heterocycles. The zero-order valence-corrected chi connectivity index (χ0v) is 15.4. The van der Waals surface area contributed by atoms with Gasteiger partial charge in [-0.15, -0.1) is 0 Å². The van der Waals surface area contributed by atoms with Gasteiger partial charge in [-0.3, -0.25) is 14.2 Å². The van der Waals surface area contributed by atoms with E-state index in [1.54, 1.807) is 19.1 Å². The third kappa shape index (κ3) is 3.07. The summed E-state index contributed by atoms with van der Waals surface area (Å²) in [4.78, 5) is 25.1. The van der Waals surface area contributed by atoms with Crippen LogP contribution in [-0.4, -0.2) is 21.5 Å². The zero-order chi connectivity index (χ0) is 19.9. The van der Waals surface area contributed by atoms with Crippen LogP contribution in [0.5, 0.6) is 5.75 Å². The second-order valence-electron chi connectivity index (χ2n) is 6.69. The Kier molecular flexibility index (Phi) is 4.74. The first-order valence-corrected chi connectivity index (χ1v) is 8.70. The zero-order valence-electron chi connectivity index (χ0n) is 15.4. The predicted molar refractivity (Wildman–Crippen MR) is 101 cm³/mol. The molecule has 3 aromatic rings. The van der Waals surface area contributed by atoms with E-state index in [1.807, 2.05) is 26.0 Å². The van der Waals surface area contributed by atoms with Crippen molar-refractivity contribution in [1.29, 1.82) is 0 Å².